The van der Waals surface area contributed by atoms with Crippen LogP contribution in [0.25, 0.3) is 0 Å². The van der Waals surface area contributed by atoms with E-state index in [1.165, 1.54) is 0 Å². The molecule has 8 aliphatic rings. The number of hydrogen-bond donors (Lipinski definition) is 13. The molecular weight excluding hydrogens is 860 g/mol. The van der Waals surface area contributed by atoms with Crippen LogP contribution in [0.3, 0.4) is 0 Å². The minimum atomic E-state index is -1.78. The van der Waals surface area contributed by atoms with Crippen LogP contribution in [0.2, 0.25) is 0 Å². The van der Waals surface area contributed by atoms with Crippen molar-refractivity contribution in [2.75, 3.05) is 26.4 Å². The van der Waals surface area contributed by atoms with E-state index in [1.54, 1.807) is 0 Å². The van der Waals surface area contributed by atoms with Gasteiger partial charge in [0.05, 0.1) is 44.7 Å². The molecule has 4 aliphatic heterocycles. The Morgan fingerprint density at radius 1 is 0.723 bits per heavy atom. The Labute approximate surface area is 378 Å². The van der Waals surface area contributed by atoms with Gasteiger partial charge in [-0.3, -0.25) is 0 Å². The van der Waals surface area contributed by atoms with Crippen LogP contribution in [0.1, 0.15) is 79.1 Å². The third kappa shape index (κ3) is 8.70. The summed E-state index contributed by atoms with van der Waals surface area (Å²) < 4.78 is 41.2. The van der Waals surface area contributed by atoms with Gasteiger partial charge in [-0.25, -0.2) is 0 Å². The highest BCUT2D eigenvalue weighted by molar-refractivity contribution is 5.28. The van der Waals surface area contributed by atoms with E-state index in [2.05, 4.69) is 26.8 Å². The van der Waals surface area contributed by atoms with Crippen LogP contribution >= 0.6 is 0 Å². The van der Waals surface area contributed by atoms with E-state index >= 15 is 0 Å². The fraction of sp³-hybridized carbons (Fsp3) is 0.956. The Hall–Kier alpha value is -1.06. The van der Waals surface area contributed by atoms with E-state index in [1.807, 2.05) is 6.92 Å². The van der Waals surface area contributed by atoms with Crippen molar-refractivity contribution in [2.45, 2.75) is 195 Å². The van der Waals surface area contributed by atoms with Gasteiger partial charge in [0.25, 0.3) is 0 Å². The van der Waals surface area contributed by atoms with Gasteiger partial charge in [-0.05, 0) is 73.5 Å². The van der Waals surface area contributed by atoms with Gasteiger partial charge in [-0.2, -0.15) is 0 Å². The zero-order valence-electron chi connectivity index (χ0n) is 37.6. The molecule has 1 unspecified atom stereocenters. The molecule has 20 heteroatoms. The topological polar surface area (TPSA) is 328 Å². The molecular formula is C45H74O20. The largest absolute Gasteiger partial charge is 0.394 e. The van der Waals surface area contributed by atoms with E-state index in [4.69, 9.17) is 33.2 Å². The van der Waals surface area contributed by atoms with Gasteiger partial charge < -0.3 is 99.5 Å². The maximum atomic E-state index is 12.1. The molecule has 0 aromatic carbocycles. The molecule has 3 saturated carbocycles. The van der Waals surface area contributed by atoms with Crippen LogP contribution in [0.15, 0.2) is 11.6 Å². The fourth-order valence-electron chi connectivity index (χ4n) is 13.6. The number of fused-ring (bicyclic) bond motifs is 7. The van der Waals surface area contributed by atoms with Gasteiger partial charge >= 0.3 is 0 Å². The average molecular weight is 935 g/mol. The molecule has 13 N–H and O–H groups in total. The Morgan fingerprint density at radius 2 is 1.31 bits per heavy atom. The van der Waals surface area contributed by atoms with Gasteiger partial charge in [-0.1, -0.05) is 39.3 Å². The second-order valence-corrected chi connectivity index (χ2v) is 21.1. The summed E-state index contributed by atoms with van der Waals surface area (Å²) in [4.78, 5) is 0. The third-order valence-electron chi connectivity index (χ3n) is 17.5. The lowest BCUT2D eigenvalue weighted by Crippen LogP contribution is -2.65. The second-order valence-electron chi connectivity index (χ2n) is 21.1. The van der Waals surface area contributed by atoms with Crippen molar-refractivity contribution in [3.05, 3.63) is 11.6 Å². The minimum absolute atomic E-state index is 0.0818. The Bertz CT molecular complexity index is 1650. The summed E-state index contributed by atoms with van der Waals surface area (Å²) >= 11 is 0. The third-order valence-corrected chi connectivity index (χ3v) is 17.5. The molecule has 4 heterocycles. The molecule has 65 heavy (non-hydrogen) atoms. The highest BCUT2D eigenvalue weighted by Gasteiger charge is 2.68. The second kappa shape index (κ2) is 19.3. The van der Waals surface area contributed by atoms with Crippen molar-refractivity contribution in [3.8, 4) is 0 Å². The number of aliphatic hydroxyl groups is 13. The maximum absolute atomic E-state index is 12.1. The van der Waals surface area contributed by atoms with Crippen molar-refractivity contribution in [1.29, 1.82) is 0 Å². The van der Waals surface area contributed by atoms with E-state index in [-0.39, 0.29) is 54.1 Å². The number of hydrogen-bond acceptors (Lipinski definition) is 20. The zero-order valence-corrected chi connectivity index (χ0v) is 37.6. The summed E-state index contributed by atoms with van der Waals surface area (Å²) in [5, 5.41) is 137. The number of rotatable bonds is 13. The summed E-state index contributed by atoms with van der Waals surface area (Å²) in [6.07, 6.45) is -16.8. The van der Waals surface area contributed by atoms with Crippen LogP contribution in [0.4, 0.5) is 0 Å². The SMILES string of the molecule is C[C@H](CCC1(O)O[C@H]2C[C@H]3[C@@H]4CC=C5C[C@@H](O[C@@H]6O[C@H](CO)[C@H](O[C@@H]7O[C@H](CO)[C@@H](O)[C@H](O)[C@H]7O)[C@H](O)[C@H]6O)C[C@@H](O)[C@]5(C)[C@H]4CC[C@]3(C)[C@H]2[C@@H]1C)CO[C@@H]1O[C@H](CO)[C@@H](O)[C@H](O)[C@H]1O. The highest BCUT2D eigenvalue weighted by atomic mass is 16.7. The van der Waals surface area contributed by atoms with Gasteiger partial charge in [0.15, 0.2) is 24.7 Å². The number of ether oxygens (including phenoxy) is 7. The van der Waals surface area contributed by atoms with E-state index < -0.39 is 135 Å². The van der Waals surface area contributed by atoms with E-state index in [0.717, 1.165) is 31.3 Å². The molecule has 0 radical (unpaired) electrons. The Balaban J connectivity index is 0.868. The summed E-state index contributed by atoms with van der Waals surface area (Å²) in [7, 11) is 0. The molecule has 4 saturated heterocycles. The standard InChI is InChI=1S/C45H74O20/c1-18(17-59-40-36(55)33(52)31(50)26(14-46)61-40)7-10-45(58)19(2)30-25(65-45)13-24-22-6-5-20-11-21(12-29(49)44(20,4)23(22)8-9-43(24,30)3)60-41-38(57)35(54)39(28(16-48)63-41)64-42-37(56)34(53)32(51)27(15-47)62-42/h5,18-19,21-42,46-58H,6-17H2,1-4H3/t18-,19+,21-,22-,23+,24+,25+,26-,27-,28-,29-,30+,31-,32-,33+,34+,35-,36-,37-,38-,39+,40-,41-,42+,43+,44+,45?/m1/s1. The first-order chi connectivity index (χ1) is 30.7. The van der Waals surface area contributed by atoms with E-state index in [9.17, 15) is 66.4 Å². The molecule has 0 aromatic heterocycles. The van der Waals surface area contributed by atoms with Gasteiger partial charge in [0, 0.05) is 24.2 Å². The molecule has 8 rings (SSSR count). The van der Waals surface area contributed by atoms with E-state index in [0.29, 0.717) is 25.2 Å². The summed E-state index contributed by atoms with van der Waals surface area (Å²) in [6, 6.07) is 0. The molecule has 7 fully saturated rings. The van der Waals surface area contributed by atoms with Gasteiger partial charge in [-0.15, -0.1) is 0 Å². The highest BCUT2D eigenvalue weighted by Crippen LogP contribution is 2.70. The predicted octanol–water partition coefficient (Wildman–Crippen LogP) is -2.89. The van der Waals surface area contributed by atoms with Crippen molar-refractivity contribution in [2.24, 2.45) is 46.3 Å². The molecule has 0 amide bonds. The molecule has 0 aromatic rings. The maximum Gasteiger partial charge on any atom is 0.187 e. The first kappa shape index (κ1) is 50.3. The zero-order chi connectivity index (χ0) is 47.1. The first-order valence-electron chi connectivity index (χ1n) is 23.7. The summed E-state index contributed by atoms with van der Waals surface area (Å²) in [5.41, 5.74) is 0.400. The minimum Gasteiger partial charge on any atom is -0.394 e. The lowest BCUT2D eigenvalue weighted by molar-refractivity contribution is -0.363. The van der Waals surface area contributed by atoms with Crippen molar-refractivity contribution >= 4 is 0 Å². The van der Waals surface area contributed by atoms with Crippen molar-refractivity contribution < 1.29 is 99.5 Å². The molecule has 20 nitrogen and oxygen atoms in total. The quantitative estimate of drug-likeness (QED) is 0.0825. The average Bonchev–Trinajstić information content (AvgIpc) is 3.72. The molecule has 27 atom stereocenters. The van der Waals surface area contributed by atoms with Crippen LogP contribution in [0.5, 0.6) is 0 Å². The summed E-state index contributed by atoms with van der Waals surface area (Å²) in [5.74, 6) is -0.725. The molecule has 0 bridgehead atoms. The lowest BCUT2D eigenvalue weighted by atomic mass is 9.46. The van der Waals surface area contributed by atoms with Crippen molar-refractivity contribution in [1.82, 2.24) is 0 Å². The Morgan fingerprint density at radius 3 is 1.95 bits per heavy atom. The molecule has 4 aliphatic carbocycles. The van der Waals surface area contributed by atoms with Crippen LogP contribution in [-0.4, -0.2) is 209 Å². The normalized spacial score (nSPS) is 54.8. The predicted molar refractivity (Wildman–Crippen MR) is 220 cm³/mol. The molecule has 374 valence electrons. The van der Waals surface area contributed by atoms with Crippen LogP contribution in [0, 0.1) is 46.3 Å². The number of aliphatic hydroxyl groups excluding tert-OH is 12. The monoisotopic (exact) mass is 934 g/mol. The summed E-state index contributed by atoms with van der Waals surface area (Å²) in [6.45, 7) is 6.69. The fourth-order valence-corrected chi connectivity index (χ4v) is 13.6. The van der Waals surface area contributed by atoms with Gasteiger partial charge in [0.2, 0.25) is 0 Å². The Kier molecular flexibility index (Phi) is 14.9. The molecule has 0 spiro atoms. The van der Waals surface area contributed by atoms with Crippen molar-refractivity contribution in [3.63, 3.8) is 0 Å². The lowest BCUT2D eigenvalue weighted by Gasteiger charge is -2.60. The number of allylic oxidation sites excluding steroid dienone is 1. The van der Waals surface area contributed by atoms with Crippen LogP contribution < -0.4 is 0 Å². The van der Waals surface area contributed by atoms with Crippen LogP contribution in [-0.2, 0) is 33.2 Å². The van der Waals surface area contributed by atoms with Gasteiger partial charge in [0.1, 0.15) is 73.2 Å². The smallest absolute Gasteiger partial charge is 0.187 e. The first-order valence-corrected chi connectivity index (χ1v) is 23.7.